The number of aliphatic hydroxyl groups is 1. The summed E-state index contributed by atoms with van der Waals surface area (Å²) in [5, 5.41) is 8.74. The Morgan fingerprint density at radius 1 is 1.75 bits per heavy atom. The third-order valence-corrected chi connectivity index (χ3v) is 3.31. The van der Waals surface area contributed by atoms with E-state index < -0.39 is 5.69 Å². The topological polar surface area (TPSA) is 90.4 Å². The highest BCUT2D eigenvalue weighted by molar-refractivity contribution is 8.00. The van der Waals surface area contributed by atoms with E-state index in [1.165, 1.54) is 16.3 Å². The Kier molecular flexibility index (Phi) is 4.60. The number of nitrogen functional groups attached to an aromatic ring is 1. The maximum absolute atomic E-state index is 11.5. The number of nitrogens with two attached hydrogens (primary N) is 1. The lowest BCUT2D eigenvalue weighted by molar-refractivity contribution is 0.0803. The van der Waals surface area contributed by atoms with Gasteiger partial charge < -0.3 is 15.6 Å². The molecular formula is C8H12ClN3O3S. The Bertz CT molecular complexity index is 414. The summed E-state index contributed by atoms with van der Waals surface area (Å²) in [6.45, 7) is 0.333. The van der Waals surface area contributed by atoms with Gasteiger partial charge in [-0.25, -0.2) is 4.79 Å². The lowest BCUT2D eigenvalue weighted by Gasteiger charge is -2.10. The summed E-state index contributed by atoms with van der Waals surface area (Å²) in [6.07, 6.45) is 1.59. The summed E-state index contributed by atoms with van der Waals surface area (Å²) in [6, 6.07) is 1.56. The van der Waals surface area contributed by atoms with E-state index in [1.54, 1.807) is 12.3 Å². The van der Waals surface area contributed by atoms with Crippen molar-refractivity contribution >= 4 is 30.0 Å². The quantitative estimate of drug-likeness (QED) is 0.772. The Morgan fingerprint density at radius 2 is 2.50 bits per heavy atom. The molecule has 2 atom stereocenters. The van der Waals surface area contributed by atoms with E-state index in [0.717, 1.165) is 0 Å². The number of hydrogen-bond acceptors (Lipinski definition) is 6. The van der Waals surface area contributed by atoms with E-state index >= 15 is 0 Å². The molecule has 2 rings (SSSR count). The van der Waals surface area contributed by atoms with Gasteiger partial charge in [0, 0.05) is 6.20 Å². The second-order valence-corrected chi connectivity index (χ2v) is 4.42. The molecule has 0 aromatic carbocycles. The van der Waals surface area contributed by atoms with Crippen molar-refractivity contribution in [2.75, 3.05) is 18.9 Å². The summed E-state index contributed by atoms with van der Waals surface area (Å²) >= 11 is 1.39. The first-order valence-corrected chi connectivity index (χ1v) is 5.37. The van der Waals surface area contributed by atoms with Gasteiger partial charge in [-0.2, -0.15) is 4.98 Å². The van der Waals surface area contributed by atoms with Gasteiger partial charge in [0.15, 0.2) is 0 Å². The number of hydrogen-bond donors (Lipinski definition) is 2. The molecule has 3 N–H and O–H groups in total. The summed E-state index contributed by atoms with van der Waals surface area (Å²) in [4.78, 5) is 15.1. The van der Waals surface area contributed by atoms with Crippen LogP contribution >= 0.6 is 24.2 Å². The molecule has 1 fully saturated rings. The molecule has 0 radical (unpaired) electrons. The van der Waals surface area contributed by atoms with Crippen molar-refractivity contribution in [1.29, 1.82) is 0 Å². The third-order valence-electron chi connectivity index (χ3n) is 2.04. The zero-order valence-corrected chi connectivity index (χ0v) is 9.91. The van der Waals surface area contributed by atoms with Crippen LogP contribution in [0.4, 0.5) is 5.82 Å². The van der Waals surface area contributed by atoms with Crippen LogP contribution < -0.4 is 11.4 Å². The fourth-order valence-corrected chi connectivity index (χ4v) is 2.37. The van der Waals surface area contributed by atoms with E-state index in [4.69, 9.17) is 15.6 Å². The fourth-order valence-electron chi connectivity index (χ4n) is 1.33. The molecule has 16 heavy (non-hydrogen) atoms. The van der Waals surface area contributed by atoms with Gasteiger partial charge in [0.25, 0.3) is 0 Å². The average Bonchev–Trinajstić information content (AvgIpc) is 2.66. The van der Waals surface area contributed by atoms with E-state index in [0.29, 0.717) is 6.61 Å². The predicted molar refractivity (Wildman–Crippen MR) is 63.6 cm³/mol. The fraction of sp³-hybridized carbons (Fsp3) is 0.500. The van der Waals surface area contributed by atoms with Gasteiger partial charge in [0.2, 0.25) is 0 Å². The van der Waals surface area contributed by atoms with Gasteiger partial charge in [-0.15, -0.1) is 24.2 Å². The minimum atomic E-state index is -0.394. The molecule has 0 aliphatic carbocycles. The first kappa shape index (κ1) is 13.3. The summed E-state index contributed by atoms with van der Waals surface area (Å²) in [5.74, 6) is 0.207. The van der Waals surface area contributed by atoms with Crippen molar-refractivity contribution in [3.05, 3.63) is 22.7 Å². The van der Waals surface area contributed by atoms with Crippen LogP contribution in [0.1, 0.15) is 5.37 Å². The summed E-state index contributed by atoms with van der Waals surface area (Å²) in [5.41, 5.74) is 4.72. The van der Waals surface area contributed by atoms with Gasteiger partial charge in [0.1, 0.15) is 16.6 Å². The maximum Gasteiger partial charge on any atom is 0.350 e. The largest absolute Gasteiger partial charge is 0.393 e. The molecule has 0 spiro atoms. The number of rotatable bonds is 2. The van der Waals surface area contributed by atoms with Crippen molar-refractivity contribution in [2.24, 2.45) is 0 Å². The van der Waals surface area contributed by atoms with Crippen LogP contribution in [0.15, 0.2) is 17.1 Å². The Morgan fingerprint density at radius 3 is 3.06 bits per heavy atom. The third kappa shape index (κ3) is 2.67. The number of ether oxygens (including phenoxy) is 1. The molecule has 1 aliphatic heterocycles. The normalized spacial score (nSPS) is 24.1. The minimum Gasteiger partial charge on any atom is -0.393 e. The average molecular weight is 266 g/mol. The zero-order valence-electron chi connectivity index (χ0n) is 8.28. The van der Waals surface area contributed by atoms with Crippen LogP contribution in [-0.4, -0.2) is 33.3 Å². The summed E-state index contributed by atoms with van der Waals surface area (Å²) < 4.78 is 6.70. The lowest BCUT2D eigenvalue weighted by atomic mass is 10.5. The first-order chi connectivity index (χ1) is 7.20. The van der Waals surface area contributed by atoms with Gasteiger partial charge in [-0.3, -0.25) is 4.57 Å². The highest BCUT2D eigenvalue weighted by atomic mass is 35.5. The van der Waals surface area contributed by atoms with Crippen molar-refractivity contribution in [2.45, 2.75) is 10.8 Å². The molecule has 1 aromatic heterocycles. The highest BCUT2D eigenvalue weighted by Crippen LogP contribution is 2.34. The van der Waals surface area contributed by atoms with E-state index in [-0.39, 0.29) is 35.6 Å². The number of halogens is 1. The number of thioether (sulfide) groups is 1. The second kappa shape index (κ2) is 5.53. The Balaban J connectivity index is 0.00000128. The van der Waals surface area contributed by atoms with Crippen LogP contribution in [0.5, 0.6) is 0 Å². The van der Waals surface area contributed by atoms with Gasteiger partial charge in [-0.1, -0.05) is 0 Å². The number of anilines is 1. The molecule has 90 valence electrons. The molecule has 1 aliphatic rings. The smallest absolute Gasteiger partial charge is 0.350 e. The zero-order chi connectivity index (χ0) is 10.8. The van der Waals surface area contributed by atoms with Crippen molar-refractivity contribution in [1.82, 2.24) is 9.55 Å². The Labute approximate surface area is 102 Å². The standard InChI is InChI=1S/C8H11N3O3S.ClH/c9-5-1-2-11(8(13)10-5)6-4-14-7(3-12)15-6;/h1-2,6-7,12H,3-4H2,(H2,9,10,13);1H/t6-,7-;/m0./s1. The molecule has 0 amide bonds. The minimum absolute atomic E-state index is 0. The molecule has 0 saturated carbocycles. The monoisotopic (exact) mass is 265 g/mol. The SMILES string of the molecule is Cl.Nc1ccn([C@@H]2CO[C@H](CO)S2)c(=O)n1. The van der Waals surface area contributed by atoms with E-state index in [2.05, 4.69) is 4.98 Å². The van der Waals surface area contributed by atoms with Gasteiger partial charge in [0.05, 0.1) is 13.2 Å². The summed E-state index contributed by atoms with van der Waals surface area (Å²) in [7, 11) is 0. The molecule has 8 heteroatoms. The Hall–Kier alpha value is -0.760. The molecule has 1 saturated heterocycles. The molecule has 0 unspecified atom stereocenters. The van der Waals surface area contributed by atoms with Crippen LogP contribution in [0.3, 0.4) is 0 Å². The molecular weight excluding hydrogens is 254 g/mol. The number of aromatic nitrogens is 2. The molecule has 2 heterocycles. The van der Waals surface area contributed by atoms with Gasteiger partial charge in [-0.05, 0) is 6.07 Å². The second-order valence-electron chi connectivity index (χ2n) is 3.08. The van der Waals surface area contributed by atoms with Crippen molar-refractivity contribution < 1.29 is 9.84 Å². The van der Waals surface area contributed by atoms with Gasteiger partial charge >= 0.3 is 5.69 Å². The van der Waals surface area contributed by atoms with Crippen molar-refractivity contribution in [3.63, 3.8) is 0 Å². The predicted octanol–water partition coefficient (Wildman–Crippen LogP) is -0.172. The number of nitrogens with zero attached hydrogens (tertiary/aromatic N) is 2. The molecule has 1 aromatic rings. The maximum atomic E-state index is 11.5. The molecule has 0 bridgehead atoms. The highest BCUT2D eigenvalue weighted by Gasteiger charge is 2.27. The van der Waals surface area contributed by atoms with Crippen LogP contribution in [0.25, 0.3) is 0 Å². The lowest BCUT2D eigenvalue weighted by Crippen LogP contribution is -2.26. The first-order valence-electron chi connectivity index (χ1n) is 4.43. The van der Waals surface area contributed by atoms with E-state index in [1.807, 2.05) is 0 Å². The van der Waals surface area contributed by atoms with E-state index in [9.17, 15) is 4.79 Å². The van der Waals surface area contributed by atoms with Crippen LogP contribution in [-0.2, 0) is 4.74 Å². The van der Waals surface area contributed by atoms with Crippen molar-refractivity contribution in [3.8, 4) is 0 Å². The molecule has 6 nitrogen and oxygen atoms in total. The van der Waals surface area contributed by atoms with Crippen LogP contribution in [0.2, 0.25) is 0 Å². The number of aliphatic hydroxyl groups excluding tert-OH is 1. The van der Waals surface area contributed by atoms with Crippen LogP contribution in [0, 0.1) is 0 Å².